The zero-order valence-corrected chi connectivity index (χ0v) is 14.0. The van der Waals surface area contributed by atoms with Crippen LogP contribution in [0.2, 0.25) is 0 Å². The molecule has 2 unspecified atom stereocenters. The number of ether oxygens (including phenoxy) is 1. The first kappa shape index (κ1) is 16.3. The van der Waals surface area contributed by atoms with Crippen molar-refractivity contribution in [2.24, 2.45) is 5.92 Å². The van der Waals surface area contributed by atoms with Gasteiger partial charge in [-0.25, -0.2) is 0 Å². The summed E-state index contributed by atoms with van der Waals surface area (Å²) in [5, 5.41) is 3.61. The number of rotatable bonds is 6. The van der Waals surface area contributed by atoms with Crippen LogP contribution < -0.4 is 10.1 Å². The lowest BCUT2D eigenvalue weighted by Crippen LogP contribution is -2.40. The monoisotopic (exact) mass is 290 g/mol. The van der Waals surface area contributed by atoms with Crippen LogP contribution in [-0.2, 0) is 0 Å². The first-order valence-corrected chi connectivity index (χ1v) is 8.22. The summed E-state index contributed by atoms with van der Waals surface area (Å²) in [6.07, 6.45) is 3.83. The molecule has 1 fully saturated rings. The van der Waals surface area contributed by atoms with Crippen molar-refractivity contribution < 1.29 is 4.74 Å². The standard InChI is InChI=1S/C18H30N2O/c1-5-10-19-13-16-7-6-11-20(3)18(16)15-8-9-17(21-4)14(2)12-15/h8-9,12,16,18-19H,5-7,10-11,13H2,1-4H3. The second-order valence-electron chi connectivity index (χ2n) is 6.26. The molecule has 0 amide bonds. The molecule has 1 saturated heterocycles. The van der Waals surface area contributed by atoms with Crippen molar-refractivity contribution in [3.05, 3.63) is 29.3 Å². The van der Waals surface area contributed by atoms with E-state index in [1.165, 1.54) is 36.9 Å². The fraction of sp³-hybridized carbons (Fsp3) is 0.667. The van der Waals surface area contributed by atoms with Gasteiger partial charge in [0.15, 0.2) is 0 Å². The molecule has 1 aliphatic heterocycles. The molecule has 21 heavy (non-hydrogen) atoms. The summed E-state index contributed by atoms with van der Waals surface area (Å²) in [7, 11) is 4.00. The SMILES string of the molecule is CCCNCC1CCCN(C)C1c1ccc(OC)c(C)c1. The maximum Gasteiger partial charge on any atom is 0.121 e. The van der Waals surface area contributed by atoms with Crippen LogP contribution in [0, 0.1) is 12.8 Å². The lowest BCUT2D eigenvalue weighted by atomic mass is 9.84. The van der Waals surface area contributed by atoms with Gasteiger partial charge in [-0.1, -0.05) is 19.1 Å². The molecule has 0 aromatic heterocycles. The molecule has 1 heterocycles. The van der Waals surface area contributed by atoms with Crippen molar-refractivity contribution in [1.82, 2.24) is 10.2 Å². The average molecular weight is 290 g/mol. The molecule has 0 bridgehead atoms. The minimum absolute atomic E-state index is 0.521. The summed E-state index contributed by atoms with van der Waals surface area (Å²) in [6, 6.07) is 7.18. The third kappa shape index (κ3) is 3.98. The van der Waals surface area contributed by atoms with Gasteiger partial charge in [0.25, 0.3) is 0 Å². The van der Waals surface area contributed by atoms with Gasteiger partial charge in [-0.05, 0) is 76.0 Å². The number of benzene rings is 1. The van der Waals surface area contributed by atoms with E-state index in [2.05, 4.69) is 49.3 Å². The van der Waals surface area contributed by atoms with E-state index in [0.717, 1.165) is 18.8 Å². The fourth-order valence-electron chi connectivity index (χ4n) is 3.55. The molecule has 2 atom stereocenters. The Balaban J connectivity index is 2.16. The zero-order chi connectivity index (χ0) is 15.2. The predicted octanol–water partition coefficient (Wildman–Crippen LogP) is 3.39. The first-order chi connectivity index (χ1) is 10.2. The van der Waals surface area contributed by atoms with E-state index in [1.807, 2.05) is 0 Å². The van der Waals surface area contributed by atoms with Gasteiger partial charge in [-0.2, -0.15) is 0 Å². The van der Waals surface area contributed by atoms with Gasteiger partial charge in [0.1, 0.15) is 5.75 Å². The van der Waals surface area contributed by atoms with Gasteiger partial charge in [-0.15, -0.1) is 0 Å². The molecule has 3 heteroatoms. The summed E-state index contributed by atoms with van der Waals surface area (Å²) in [6.45, 7) is 7.79. The lowest BCUT2D eigenvalue weighted by Gasteiger charge is -2.40. The van der Waals surface area contributed by atoms with Crippen LogP contribution in [0.1, 0.15) is 43.4 Å². The Bertz CT molecular complexity index is 447. The number of likely N-dealkylation sites (tertiary alicyclic amines) is 1. The Morgan fingerprint density at radius 1 is 1.38 bits per heavy atom. The van der Waals surface area contributed by atoms with E-state index >= 15 is 0 Å². The Morgan fingerprint density at radius 2 is 2.19 bits per heavy atom. The molecular formula is C18H30N2O. The van der Waals surface area contributed by atoms with Crippen LogP contribution in [-0.4, -0.2) is 38.7 Å². The topological polar surface area (TPSA) is 24.5 Å². The summed E-state index contributed by atoms with van der Waals surface area (Å²) in [5.41, 5.74) is 2.66. The van der Waals surface area contributed by atoms with E-state index in [4.69, 9.17) is 4.74 Å². The van der Waals surface area contributed by atoms with Crippen LogP contribution >= 0.6 is 0 Å². The number of methoxy groups -OCH3 is 1. The molecule has 0 saturated carbocycles. The largest absolute Gasteiger partial charge is 0.496 e. The van der Waals surface area contributed by atoms with Gasteiger partial charge in [0.05, 0.1) is 7.11 Å². The number of aryl methyl sites for hydroxylation is 1. The third-order valence-corrected chi connectivity index (χ3v) is 4.60. The molecule has 2 rings (SSSR count). The van der Waals surface area contributed by atoms with Gasteiger partial charge >= 0.3 is 0 Å². The molecular weight excluding hydrogens is 260 g/mol. The first-order valence-electron chi connectivity index (χ1n) is 8.22. The zero-order valence-electron chi connectivity index (χ0n) is 14.0. The van der Waals surface area contributed by atoms with E-state index in [1.54, 1.807) is 7.11 Å². The van der Waals surface area contributed by atoms with Crippen molar-refractivity contribution in [1.29, 1.82) is 0 Å². The summed E-state index contributed by atoms with van der Waals surface area (Å²) in [5.74, 6) is 1.68. The molecule has 0 aliphatic carbocycles. The molecule has 1 aromatic carbocycles. The van der Waals surface area contributed by atoms with E-state index in [9.17, 15) is 0 Å². The molecule has 1 aromatic rings. The molecule has 1 N–H and O–H groups in total. The van der Waals surface area contributed by atoms with Crippen molar-refractivity contribution in [3.63, 3.8) is 0 Å². The van der Waals surface area contributed by atoms with Gasteiger partial charge in [0.2, 0.25) is 0 Å². The smallest absolute Gasteiger partial charge is 0.121 e. The Labute approximate surface area is 129 Å². The molecule has 0 radical (unpaired) electrons. The predicted molar refractivity (Wildman–Crippen MR) is 89.0 cm³/mol. The second-order valence-corrected chi connectivity index (χ2v) is 6.26. The fourth-order valence-corrected chi connectivity index (χ4v) is 3.55. The lowest BCUT2D eigenvalue weighted by molar-refractivity contribution is 0.119. The van der Waals surface area contributed by atoms with Crippen molar-refractivity contribution in [2.45, 2.75) is 39.2 Å². The maximum atomic E-state index is 5.39. The minimum Gasteiger partial charge on any atom is -0.496 e. The van der Waals surface area contributed by atoms with E-state index < -0.39 is 0 Å². The molecule has 3 nitrogen and oxygen atoms in total. The number of piperidine rings is 1. The Morgan fingerprint density at radius 3 is 2.86 bits per heavy atom. The highest BCUT2D eigenvalue weighted by molar-refractivity contribution is 5.37. The minimum atomic E-state index is 0.521. The average Bonchev–Trinajstić information content (AvgIpc) is 2.47. The van der Waals surface area contributed by atoms with Crippen LogP contribution in [0.3, 0.4) is 0 Å². The quantitative estimate of drug-likeness (QED) is 0.813. The van der Waals surface area contributed by atoms with Crippen LogP contribution in [0.5, 0.6) is 5.75 Å². The summed E-state index contributed by atoms with van der Waals surface area (Å²) in [4.78, 5) is 2.52. The van der Waals surface area contributed by atoms with Crippen LogP contribution in [0.15, 0.2) is 18.2 Å². The highest BCUT2D eigenvalue weighted by Crippen LogP contribution is 2.36. The summed E-state index contributed by atoms with van der Waals surface area (Å²) >= 11 is 0. The number of hydrogen-bond acceptors (Lipinski definition) is 3. The van der Waals surface area contributed by atoms with E-state index in [-0.39, 0.29) is 0 Å². The van der Waals surface area contributed by atoms with Crippen molar-refractivity contribution >= 4 is 0 Å². The summed E-state index contributed by atoms with van der Waals surface area (Å²) < 4.78 is 5.39. The van der Waals surface area contributed by atoms with Gasteiger partial charge in [-0.3, -0.25) is 4.90 Å². The number of nitrogens with one attached hydrogen (secondary N) is 1. The number of hydrogen-bond donors (Lipinski definition) is 1. The molecule has 118 valence electrons. The highest BCUT2D eigenvalue weighted by atomic mass is 16.5. The Hall–Kier alpha value is -1.06. The second kappa shape index (κ2) is 7.81. The van der Waals surface area contributed by atoms with Crippen LogP contribution in [0.4, 0.5) is 0 Å². The maximum absolute atomic E-state index is 5.39. The van der Waals surface area contributed by atoms with Gasteiger partial charge < -0.3 is 10.1 Å². The Kier molecular flexibility index (Phi) is 6.07. The van der Waals surface area contributed by atoms with Gasteiger partial charge in [0, 0.05) is 6.04 Å². The normalized spacial score (nSPS) is 23.2. The molecule has 0 spiro atoms. The van der Waals surface area contributed by atoms with E-state index in [0.29, 0.717) is 12.0 Å². The van der Waals surface area contributed by atoms with Crippen LogP contribution in [0.25, 0.3) is 0 Å². The number of nitrogens with zero attached hydrogens (tertiary/aromatic N) is 1. The third-order valence-electron chi connectivity index (χ3n) is 4.60. The van der Waals surface area contributed by atoms with Crippen molar-refractivity contribution in [3.8, 4) is 5.75 Å². The molecule has 1 aliphatic rings. The van der Waals surface area contributed by atoms with Crippen molar-refractivity contribution in [2.75, 3.05) is 33.8 Å². The highest BCUT2D eigenvalue weighted by Gasteiger charge is 2.30.